The predicted molar refractivity (Wildman–Crippen MR) is 121 cm³/mol. The van der Waals surface area contributed by atoms with E-state index in [0.717, 1.165) is 11.3 Å². The van der Waals surface area contributed by atoms with Crippen molar-refractivity contribution in [2.75, 3.05) is 10.0 Å². The van der Waals surface area contributed by atoms with Crippen LogP contribution in [0.15, 0.2) is 62.6 Å². The minimum atomic E-state index is -3.75. The molecule has 0 aliphatic carbocycles. The normalized spacial score (nSPS) is 11.0. The molecule has 31 heavy (non-hydrogen) atoms. The second-order valence-electron chi connectivity index (χ2n) is 6.22. The molecule has 0 aliphatic rings. The summed E-state index contributed by atoms with van der Waals surface area (Å²) in [6.07, 6.45) is 0. The van der Waals surface area contributed by atoms with Crippen molar-refractivity contribution in [3.05, 3.63) is 75.1 Å². The van der Waals surface area contributed by atoms with Crippen molar-refractivity contribution in [2.45, 2.75) is 4.21 Å². The Morgan fingerprint density at radius 2 is 1.39 bits per heavy atom. The average molecular weight is 523 g/mol. The number of hydrogen-bond donors (Lipinski definition) is 4. The summed E-state index contributed by atoms with van der Waals surface area (Å²) in [5.41, 5.74) is 11.1. The second-order valence-corrected chi connectivity index (χ2v) is 10.6. The Hall–Kier alpha value is -3.22. The van der Waals surface area contributed by atoms with E-state index in [-0.39, 0.29) is 32.3 Å². The molecule has 3 rings (SSSR count). The lowest BCUT2D eigenvalue weighted by molar-refractivity contribution is 0.0994. The molecule has 0 aliphatic heterocycles. The molecule has 160 valence electrons. The zero-order valence-corrected chi connectivity index (χ0v) is 18.8. The smallest absolute Gasteiger partial charge is 0.271 e. The van der Waals surface area contributed by atoms with Gasteiger partial charge < -0.3 is 16.8 Å². The third-order valence-electron chi connectivity index (χ3n) is 3.97. The summed E-state index contributed by atoms with van der Waals surface area (Å²) in [5, 5.41) is 2.55. The van der Waals surface area contributed by atoms with Gasteiger partial charge in [-0.3, -0.25) is 19.1 Å². The van der Waals surface area contributed by atoms with Crippen molar-refractivity contribution in [3.63, 3.8) is 0 Å². The Bertz CT molecular complexity index is 1250. The quantitative estimate of drug-likeness (QED) is 0.374. The van der Waals surface area contributed by atoms with Crippen LogP contribution >= 0.6 is 27.3 Å². The first-order valence-corrected chi connectivity index (χ1v) is 11.6. The van der Waals surface area contributed by atoms with Crippen LogP contribution in [0.3, 0.4) is 0 Å². The molecule has 0 atom stereocenters. The van der Waals surface area contributed by atoms with Crippen LogP contribution < -0.4 is 21.5 Å². The van der Waals surface area contributed by atoms with E-state index in [2.05, 4.69) is 26.0 Å². The molecule has 12 heteroatoms. The highest BCUT2D eigenvalue weighted by Gasteiger charge is 2.17. The highest BCUT2D eigenvalue weighted by Crippen LogP contribution is 2.27. The van der Waals surface area contributed by atoms with Crippen LogP contribution in [0, 0.1) is 0 Å². The number of sulfonamides is 1. The molecular weight excluding hydrogens is 508 g/mol. The van der Waals surface area contributed by atoms with Gasteiger partial charge >= 0.3 is 0 Å². The van der Waals surface area contributed by atoms with Gasteiger partial charge in [-0.05, 0) is 70.5 Å². The summed E-state index contributed by atoms with van der Waals surface area (Å²) >= 11 is 4.28. The zero-order valence-electron chi connectivity index (χ0n) is 15.6. The van der Waals surface area contributed by atoms with Gasteiger partial charge in [-0.15, -0.1) is 11.3 Å². The molecular formula is C19H15BrN4O5S2. The molecule has 1 aromatic heterocycles. The van der Waals surface area contributed by atoms with Gasteiger partial charge in [-0.2, -0.15) is 0 Å². The van der Waals surface area contributed by atoms with Crippen LogP contribution in [0.1, 0.15) is 31.1 Å². The standard InChI is InChI=1S/C19H15BrN4O5S2/c20-15-5-6-16(30-15)31(28,29)24-13-3-1-10(2-4-13)19(27)23-14-8-11(17(21)25)7-12(9-14)18(22)26/h1-9,24H,(H2,21,25)(H2,22,26)(H,23,27). The molecule has 0 saturated heterocycles. The van der Waals surface area contributed by atoms with Gasteiger partial charge in [0.05, 0.1) is 3.79 Å². The fourth-order valence-electron chi connectivity index (χ4n) is 2.52. The second kappa shape index (κ2) is 8.88. The number of hydrogen-bond acceptors (Lipinski definition) is 6. The molecule has 0 fully saturated rings. The van der Waals surface area contributed by atoms with Gasteiger partial charge in [0, 0.05) is 28.1 Å². The van der Waals surface area contributed by atoms with Crippen LogP contribution in [-0.4, -0.2) is 26.1 Å². The van der Waals surface area contributed by atoms with Crippen molar-refractivity contribution in [2.24, 2.45) is 11.5 Å². The zero-order chi connectivity index (χ0) is 22.8. The van der Waals surface area contributed by atoms with Crippen molar-refractivity contribution < 1.29 is 22.8 Å². The minimum Gasteiger partial charge on any atom is -0.366 e. The van der Waals surface area contributed by atoms with Gasteiger partial charge in [-0.25, -0.2) is 8.42 Å². The van der Waals surface area contributed by atoms with Crippen molar-refractivity contribution in [1.82, 2.24) is 0 Å². The molecule has 9 nitrogen and oxygen atoms in total. The summed E-state index contributed by atoms with van der Waals surface area (Å²) in [7, 11) is -3.75. The van der Waals surface area contributed by atoms with Gasteiger partial charge in [-0.1, -0.05) is 0 Å². The molecule has 3 aromatic rings. The molecule has 2 aromatic carbocycles. The lowest BCUT2D eigenvalue weighted by atomic mass is 10.1. The fraction of sp³-hybridized carbons (Fsp3) is 0. The number of nitrogens with one attached hydrogen (secondary N) is 2. The SMILES string of the molecule is NC(=O)c1cc(NC(=O)c2ccc(NS(=O)(=O)c3ccc(Br)s3)cc2)cc(C(N)=O)c1. The number of carbonyl (C=O) groups excluding carboxylic acids is 3. The maximum absolute atomic E-state index is 12.5. The molecule has 0 saturated carbocycles. The van der Waals surface area contributed by atoms with E-state index in [9.17, 15) is 22.8 Å². The lowest BCUT2D eigenvalue weighted by Gasteiger charge is -2.10. The average Bonchev–Trinajstić information content (AvgIpc) is 3.15. The Morgan fingerprint density at radius 3 is 1.87 bits per heavy atom. The number of carbonyl (C=O) groups is 3. The minimum absolute atomic E-state index is 0.0107. The number of thiophene rings is 1. The van der Waals surface area contributed by atoms with Crippen LogP contribution in [0.5, 0.6) is 0 Å². The monoisotopic (exact) mass is 522 g/mol. The number of benzene rings is 2. The van der Waals surface area contributed by atoms with Crippen LogP contribution in [0.2, 0.25) is 0 Å². The lowest BCUT2D eigenvalue weighted by Crippen LogP contribution is -2.18. The fourth-order valence-corrected chi connectivity index (χ4v) is 5.59. The summed E-state index contributed by atoms with van der Waals surface area (Å²) in [5.74, 6) is -2.12. The number of primary amides is 2. The third kappa shape index (κ3) is 5.48. The summed E-state index contributed by atoms with van der Waals surface area (Å²) in [6.45, 7) is 0. The molecule has 1 heterocycles. The maximum Gasteiger partial charge on any atom is 0.271 e. The Morgan fingerprint density at radius 1 is 0.806 bits per heavy atom. The maximum atomic E-state index is 12.5. The third-order valence-corrected chi connectivity index (χ3v) is 7.47. The van der Waals surface area contributed by atoms with E-state index in [0.29, 0.717) is 3.79 Å². The van der Waals surface area contributed by atoms with Crippen LogP contribution in [0.25, 0.3) is 0 Å². The first-order chi connectivity index (χ1) is 14.5. The summed E-state index contributed by atoms with van der Waals surface area (Å²) < 4.78 is 28.0. The number of amides is 3. The molecule has 0 bridgehead atoms. The Balaban J connectivity index is 1.76. The first kappa shape index (κ1) is 22.5. The molecule has 0 radical (unpaired) electrons. The van der Waals surface area contributed by atoms with Gasteiger partial charge in [0.25, 0.3) is 15.9 Å². The van der Waals surface area contributed by atoms with E-state index in [4.69, 9.17) is 11.5 Å². The molecule has 0 spiro atoms. The first-order valence-electron chi connectivity index (χ1n) is 8.49. The Kier molecular flexibility index (Phi) is 6.43. The highest BCUT2D eigenvalue weighted by molar-refractivity contribution is 9.11. The molecule has 3 amide bonds. The number of anilines is 2. The number of nitrogens with two attached hydrogens (primary N) is 2. The molecule has 6 N–H and O–H groups in total. The summed E-state index contributed by atoms with van der Waals surface area (Å²) in [6, 6.07) is 12.7. The van der Waals surface area contributed by atoms with E-state index in [1.807, 2.05) is 0 Å². The topological polar surface area (TPSA) is 161 Å². The largest absolute Gasteiger partial charge is 0.366 e. The van der Waals surface area contributed by atoms with E-state index in [1.54, 1.807) is 6.07 Å². The van der Waals surface area contributed by atoms with Gasteiger partial charge in [0.1, 0.15) is 4.21 Å². The Labute approximate surface area is 189 Å². The van der Waals surface area contributed by atoms with Gasteiger partial charge in [0.2, 0.25) is 11.8 Å². The number of halogens is 1. The molecule has 0 unspecified atom stereocenters. The van der Waals surface area contributed by atoms with E-state index >= 15 is 0 Å². The van der Waals surface area contributed by atoms with E-state index < -0.39 is 27.7 Å². The predicted octanol–water partition coefficient (Wildman–Crippen LogP) is 2.76. The van der Waals surface area contributed by atoms with Crippen molar-refractivity contribution in [3.8, 4) is 0 Å². The highest BCUT2D eigenvalue weighted by atomic mass is 79.9. The van der Waals surface area contributed by atoms with Crippen LogP contribution in [0.4, 0.5) is 11.4 Å². The van der Waals surface area contributed by atoms with Crippen molar-refractivity contribution in [1.29, 1.82) is 0 Å². The van der Waals surface area contributed by atoms with Gasteiger partial charge in [0.15, 0.2) is 0 Å². The van der Waals surface area contributed by atoms with Crippen molar-refractivity contribution >= 4 is 66.4 Å². The van der Waals surface area contributed by atoms with E-state index in [1.165, 1.54) is 48.5 Å². The summed E-state index contributed by atoms with van der Waals surface area (Å²) in [4.78, 5) is 35.4. The number of rotatable bonds is 7. The van der Waals surface area contributed by atoms with Crippen LogP contribution in [-0.2, 0) is 10.0 Å².